The summed E-state index contributed by atoms with van der Waals surface area (Å²) in [6.07, 6.45) is 0. The van der Waals surface area contributed by atoms with Gasteiger partial charge in [0, 0.05) is 5.56 Å². The maximum atomic E-state index is 12.7. The number of methoxy groups -OCH3 is 2. The largest absolute Gasteiger partial charge is 0.493 e. The molecular weight excluding hydrogens is 342 g/mol. The predicted octanol–water partition coefficient (Wildman–Crippen LogP) is 3.82. The number of carbonyl (C=O) groups excluding carboxylic acids is 1. The van der Waals surface area contributed by atoms with Crippen LogP contribution in [0.1, 0.15) is 27.3 Å². The molecule has 0 aliphatic carbocycles. The Bertz CT molecular complexity index is 949. The van der Waals surface area contributed by atoms with Crippen LogP contribution < -0.4 is 14.8 Å². The molecule has 2 aromatic carbocycles. The second-order valence-electron chi connectivity index (χ2n) is 6.21. The summed E-state index contributed by atoms with van der Waals surface area (Å²) in [6, 6.07) is 15.2. The van der Waals surface area contributed by atoms with Gasteiger partial charge >= 0.3 is 0 Å². The van der Waals surface area contributed by atoms with Crippen LogP contribution in [0.15, 0.2) is 48.5 Å². The molecule has 0 spiro atoms. The fourth-order valence-corrected chi connectivity index (χ4v) is 2.95. The zero-order valence-corrected chi connectivity index (χ0v) is 15.9. The number of rotatable bonds is 6. The smallest absolute Gasteiger partial charge is 0.255 e. The van der Waals surface area contributed by atoms with E-state index in [9.17, 15) is 4.79 Å². The normalized spacial score (nSPS) is 10.5. The summed E-state index contributed by atoms with van der Waals surface area (Å²) in [5.41, 5.74) is 4.05. The number of amides is 1. The van der Waals surface area contributed by atoms with E-state index in [0.717, 1.165) is 22.6 Å². The van der Waals surface area contributed by atoms with Gasteiger partial charge in [-0.2, -0.15) is 5.10 Å². The number of benzene rings is 2. The molecule has 0 aliphatic rings. The molecule has 0 aliphatic heterocycles. The van der Waals surface area contributed by atoms with Crippen LogP contribution in [0.5, 0.6) is 11.5 Å². The van der Waals surface area contributed by atoms with Gasteiger partial charge in [0.15, 0.2) is 11.5 Å². The summed E-state index contributed by atoms with van der Waals surface area (Å²) < 4.78 is 12.4. The summed E-state index contributed by atoms with van der Waals surface area (Å²) in [6.45, 7) is 4.49. The van der Waals surface area contributed by atoms with Crippen LogP contribution >= 0.6 is 0 Å². The van der Waals surface area contributed by atoms with E-state index in [1.54, 1.807) is 32.4 Å². The average Bonchev–Trinajstić information content (AvgIpc) is 2.95. The number of aromatic nitrogens is 2. The molecule has 0 bridgehead atoms. The van der Waals surface area contributed by atoms with Gasteiger partial charge in [-0.3, -0.25) is 9.48 Å². The standard InChI is InChI=1S/C21H23N3O3/c1-14-20(15(2)24(23-14)13-16-8-6-5-7-9-16)22-21(25)17-10-11-18(26-3)19(12-17)27-4/h5-12H,13H2,1-4H3,(H,22,25). The van der Waals surface area contributed by atoms with Gasteiger partial charge in [-0.1, -0.05) is 30.3 Å². The molecule has 3 rings (SSSR count). The molecule has 6 heteroatoms. The highest BCUT2D eigenvalue weighted by molar-refractivity contribution is 6.05. The van der Waals surface area contributed by atoms with Crippen LogP contribution in [-0.2, 0) is 6.54 Å². The highest BCUT2D eigenvalue weighted by Gasteiger charge is 2.17. The number of nitrogens with zero attached hydrogens (tertiary/aromatic N) is 2. The molecule has 0 fully saturated rings. The van der Waals surface area contributed by atoms with Gasteiger partial charge in [-0.05, 0) is 37.6 Å². The number of nitrogens with one attached hydrogen (secondary N) is 1. The quantitative estimate of drug-likeness (QED) is 0.721. The van der Waals surface area contributed by atoms with E-state index in [-0.39, 0.29) is 5.91 Å². The van der Waals surface area contributed by atoms with Crippen molar-refractivity contribution in [1.82, 2.24) is 9.78 Å². The zero-order chi connectivity index (χ0) is 19.4. The lowest BCUT2D eigenvalue weighted by Crippen LogP contribution is -2.13. The summed E-state index contributed by atoms with van der Waals surface area (Å²) in [5, 5.41) is 7.54. The first-order valence-electron chi connectivity index (χ1n) is 8.64. The van der Waals surface area contributed by atoms with Crippen molar-refractivity contribution in [3.8, 4) is 11.5 Å². The Morgan fingerprint density at radius 1 is 1.04 bits per heavy atom. The minimum absolute atomic E-state index is 0.221. The number of anilines is 1. The zero-order valence-electron chi connectivity index (χ0n) is 15.9. The molecule has 0 atom stereocenters. The Morgan fingerprint density at radius 3 is 2.41 bits per heavy atom. The maximum absolute atomic E-state index is 12.7. The third-order valence-corrected chi connectivity index (χ3v) is 4.44. The summed E-state index contributed by atoms with van der Waals surface area (Å²) in [4.78, 5) is 12.7. The number of hydrogen-bond acceptors (Lipinski definition) is 4. The maximum Gasteiger partial charge on any atom is 0.255 e. The van der Waals surface area contributed by atoms with Crippen LogP contribution in [0.3, 0.4) is 0 Å². The fourth-order valence-electron chi connectivity index (χ4n) is 2.95. The Labute approximate surface area is 158 Å². The molecule has 0 unspecified atom stereocenters. The van der Waals surface area contributed by atoms with E-state index in [1.165, 1.54) is 0 Å². The average molecular weight is 365 g/mol. The van der Waals surface area contributed by atoms with Crippen molar-refractivity contribution in [2.45, 2.75) is 20.4 Å². The topological polar surface area (TPSA) is 65.4 Å². The second kappa shape index (κ2) is 7.95. The predicted molar refractivity (Wildman–Crippen MR) is 105 cm³/mol. The second-order valence-corrected chi connectivity index (χ2v) is 6.21. The number of aryl methyl sites for hydroxylation is 1. The van der Waals surface area contributed by atoms with Crippen molar-refractivity contribution in [2.24, 2.45) is 0 Å². The van der Waals surface area contributed by atoms with Gasteiger partial charge in [0.1, 0.15) is 0 Å². The summed E-state index contributed by atoms with van der Waals surface area (Å²) >= 11 is 0. The van der Waals surface area contributed by atoms with E-state index in [1.807, 2.05) is 36.7 Å². The summed E-state index contributed by atoms with van der Waals surface area (Å²) in [5.74, 6) is 0.872. The van der Waals surface area contributed by atoms with Crippen LogP contribution in [0.4, 0.5) is 5.69 Å². The van der Waals surface area contributed by atoms with Crippen LogP contribution in [0.25, 0.3) is 0 Å². The fraction of sp³-hybridized carbons (Fsp3) is 0.238. The number of carbonyl (C=O) groups is 1. The van der Waals surface area contributed by atoms with Gasteiger partial charge in [0.25, 0.3) is 5.91 Å². The first kappa shape index (κ1) is 18.5. The van der Waals surface area contributed by atoms with E-state index in [0.29, 0.717) is 23.6 Å². The van der Waals surface area contributed by atoms with Crippen LogP contribution in [0.2, 0.25) is 0 Å². The third-order valence-electron chi connectivity index (χ3n) is 4.44. The van der Waals surface area contributed by atoms with Crippen molar-refractivity contribution in [2.75, 3.05) is 19.5 Å². The molecule has 0 saturated heterocycles. The van der Waals surface area contributed by atoms with Crippen molar-refractivity contribution < 1.29 is 14.3 Å². The lowest BCUT2D eigenvalue weighted by Gasteiger charge is -2.10. The van der Waals surface area contributed by atoms with E-state index < -0.39 is 0 Å². The van der Waals surface area contributed by atoms with Gasteiger partial charge < -0.3 is 14.8 Å². The van der Waals surface area contributed by atoms with Gasteiger partial charge in [0.2, 0.25) is 0 Å². The molecule has 27 heavy (non-hydrogen) atoms. The van der Waals surface area contributed by atoms with Crippen LogP contribution in [0, 0.1) is 13.8 Å². The van der Waals surface area contributed by atoms with E-state index in [4.69, 9.17) is 9.47 Å². The van der Waals surface area contributed by atoms with Gasteiger partial charge in [-0.15, -0.1) is 0 Å². The first-order valence-corrected chi connectivity index (χ1v) is 8.64. The van der Waals surface area contributed by atoms with Crippen molar-refractivity contribution in [1.29, 1.82) is 0 Å². The minimum Gasteiger partial charge on any atom is -0.493 e. The molecule has 1 heterocycles. The highest BCUT2D eigenvalue weighted by Crippen LogP contribution is 2.28. The van der Waals surface area contributed by atoms with E-state index in [2.05, 4.69) is 22.5 Å². The lowest BCUT2D eigenvalue weighted by molar-refractivity contribution is 0.102. The van der Waals surface area contributed by atoms with E-state index >= 15 is 0 Å². The molecule has 0 radical (unpaired) electrons. The molecule has 1 aromatic heterocycles. The third kappa shape index (κ3) is 3.95. The highest BCUT2D eigenvalue weighted by atomic mass is 16.5. The molecule has 1 amide bonds. The number of hydrogen-bond donors (Lipinski definition) is 1. The van der Waals surface area contributed by atoms with Gasteiger partial charge in [-0.25, -0.2) is 0 Å². The molecule has 140 valence electrons. The molecule has 3 aromatic rings. The van der Waals surface area contributed by atoms with Crippen molar-refractivity contribution in [3.63, 3.8) is 0 Å². The first-order chi connectivity index (χ1) is 13.0. The van der Waals surface area contributed by atoms with Gasteiger partial charge in [0.05, 0.1) is 37.8 Å². The van der Waals surface area contributed by atoms with Crippen LogP contribution in [-0.4, -0.2) is 29.9 Å². The SMILES string of the molecule is COc1ccc(C(=O)Nc2c(C)nn(Cc3ccccc3)c2C)cc1OC. The molecule has 1 N–H and O–H groups in total. The summed E-state index contributed by atoms with van der Waals surface area (Å²) in [7, 11) is 3.10. The Kier molecular flexibility index (Phi) is 5.45. The Balaban J connectivity index is 1.82. The molecule has 0 saturated carbocycles. The monoisotopic (exact) mass is 365 g/mol. The Hall–Kier alpha value is -3.28. The Morgan fingerprint density at radius 2 is 1.74 bits per heavy atom. The minimum atomic E-state index is -0.221. The van der Waals surface area contributed by atoms with Crippen molar-refractivity contribution >= 4 is 11.6 Å². The molecule has 6 nitrogen and oxygen atoms in total. The molecular formula is C21H23N3O3. The lowest BCUT2D eigenvalue weighted by atomic mass is 10.1. The number of ether oxygens (including phenoxy) is 2. The van der Waals surface area contributed by atoms with Crippen molar-refractivity contribution in [3.05, 3.63) is 71.0 Å².